The van der Waals surface area contributed by atoms with Gasteiger partial charge in [0.2, 0.25) is 0 Å². The molecule has 2 aromatic heterocycles. The second-order valence-corrected chi connectivity index (χ2v) is 9.35. The third kappa shape index (κ3) is 4.82. The maximum Gasteiger partial charge on any atom is 0.199 e. The van der Waals surface area contributed by atoms with E-state index in [0.717, 1.165) is 61.1 Å². The van der Waals surface area contributed by atoms with Crippen molar-refractivity contribution in [2.75, 3.05) is 13.2 Å². The minimum Gasteiger partial charge on any atom is -0.433 e. The van der Waals surface area contributed by atoms with E-state index in [1.807, 2.05) is 12.1 Å². The van der Waals surface area contributed by atoms with Gasteiger partial charge in [0.1, 0.15) is 11.3 Å². The molecule has 0 atom stereocenters. The molecular weight excluding hydrogens is 384 g/mol. The standard InChI is InChI=1S/C23H28N2O3S/c1-15-5-4-6-18(13-15)29-22-20(17-7-8-19(24-14-17)23(2,3)26)25-21(28-22)16-9-11-27-12-10-16/h6-8,13-14,16,26H,4-5,9-12H2,1-3H3. The Hall–Kier alpha value is -1.89. The topological polar surface area (TPSA) is 68.4 Å². The molecule has 0 amide bonds. The van der Waals surface area contributed by atoms with Gasteiger partial charge in [0.05, 0.1) is 5.69 Å². The molecule has 1 aliphatic carbocycles. The summed E-state index contributed by atoms with van der Waals surface area (Å²) < 4.78 is 11.8. The minimum atomic E-state index is -0.970. The van der Waals surface area contributed by atoms with Gasteiger partial charge in [-0.3, -0.25) is 4.98 Å². The summed E-state index contributed by atoms with van der Waals surface area (Å²) in [6.07, 6.45) is 10.3. The summed E-state index contributed by atoms with van der Waals surface area (Å²) in [7, 11) is 0. The Morgan fingerprint density at radius 1 is 1.21 bits per heavy atom. The first-order valence-corrected chi connectivity index (χ1v) is 11.0. The lowest BCUT2D eigenvalue weighted by atomic mass is 10.0. The van der Waals surface area contributed by atoms with Crippen LogP contribution in [-0.2, 0) is 10.3 Å². The lowest BCUT2D eigenvalue weighted by Crippen LogP contribution is -2.17. The molecule has 0 aromatic carbocycles. The van der Waals surface area contributed by atoms with Crippen molar-refractivity contribution < 1.29 is 14.3 Å². The van der Waals surface area contributed by atoms with E-state index in [0.29, 0.717) is 5.69 Å². The van der Waals surface area contributed by atoms with Crippen molar-refractivity contribution in [3.8, 4) is 11.3 Å². The van der Waals surface area contributed by atoms with E-state index in [-0.39, 0.29) is 5.92 Å². The summed E-state index contributed by atoms with van der Waals surface area (Å²) in [5.74, 6) is 1.08. The number of aromatic nitrogens is 2. The Morgan fingerprint density at radius 3 is 2.66 bits per heavy atom. The van der Waals surface area contributed by atoms with Crippen LogP contribution in [0.5, 0.6) is 0 Å². The Labute approximate surface area is 176 Å². The minimum absolute atomic E-state index is 0.290. The fraction of sp³-hybridized carbons (Fsp3) is 0.478. The van der Waals surface area contributed by atoms with Crippen molar-refractivity contribution in [1.82, 2.24) is 9.97 Å². The number of hydrogen-bond acceptors (Lipinski definition) is 6. The third-order valence-corrected chi connectivity index (χ3v) is 6.31. The number of ether oxygens (including phenoxy) is 1. The highest BCUT2D eigenvalue weighted by atomic mass is 32.2. The van der Waals surface area contributed by atoms with Crippen molar-refractivity contribution in [2.45, 2.75) is 63.1 Å². The first-order valence-electron chi connectivity index (χ1n) is 10.2. The highest BCUT2D eigenvalue weighted by Crippen LogP contribution is 2.41. The number of aliphatic hydroxyl groups is 1. The summed E-state index contributed by atoms with van der Waals surface area (Å²) in [6, 6.07) is 3.82. The molecule has 6 heteroatoms. The van der Waals surface area contributed by atoms with E-state index in [9.17, 15) is 5.11 Å². The van der Waals surface area contributed by atoms with Gasteiger partial charge >= 0.3 is 0 Å². The van der Waals surface area contributed by atoms with Crippen LogP contribution < -0.4 is 0 Å². The van der Waals surface area contributed by atoms with Crippen LogP contribution in [0.25, 0.3) is 11.3 Å². The number of oxazole rings is 1. The maximum absolute atomic E-state index is 10.2. The Balaban J connectivity index is 1.68. The van der Waals surface area contributed by atoms with Crippen LogP contribution in [0.4, 0.5) is 0 Å². The molecule has 0 radical (unpaired) electrons. The van der Waals surface area contributed by atoms with E-state index in [1.54, 1.807) is 31.8 Å². The van der Waals surface area contributed by atoms with Crippen LogP contribution in [0.2, 0.25) is 0 Å². The zero-order valence-corrected chi connectivity index (χ0v) is 18.1. The Morgan fingerprint density at radius 2 is 2.00 bits per heavy atom. The molecule has 0 bridgehead atoms. The van der Waals surface area contributed by atoms with Crippen molar-refractivity contribution in [1.29, 1.82) is 0 Å². The quantitative estimate of drug-likeness (QED) is 0.692. The lowest BCUT2D eigenvalue weighted by Gasteiger charge is -2.18. The van der Waals surface area contributed by atoms with Crippen LogP contribution in [0.1, 0.15) is 64.0 Å². The molecule has 2 aromatic rings. The van der Waals surface area contributed by atoms with Gasteiger partial charge in [-0.1, -0.05) is 23.4 Å². The predicted molar refractivity (Wildman–Crippen MR) is 115 cm³/mol. The van der Waals surface area contributed by atoms with Crippen molar-refractivity contribution in [3.63, 3.8) is 0 Å². The normalized spacial score (nSPS) is 18.5. The van der Waals surface area contributed by atoms with Crippen LogP contribution in [0.3, 0.4) is 0 Å². The largest absolute Gasteiger partial charge is 0.433 e. The smallest absolute Gasteiger partial charge is 0.199 e. The highest BCUT2D eigenvalue weighted by Gasteiger charge is 2.26. The fourth-order valence-electron chi connectivity index (χ4n) is 3.58. The molecule has 0 unspecified atom stereocenters. The monoisotopic (exact) mass is 412 g/mol. The molecule has 1 N–H and O–H groups in total. The van der Waals surface area contributed by atoms with Crippen molar-refractivity contribution >= 4 is 11.8 Å². The van der Waals surface area contributed by atoms with Gasteiger partial charge in [0, 0.05) is 35.8 Å². The van der Waals surface area contributed by atoms with Gasteiger partial charge in [-0.2, -0.15) is 0 Å². The molecule has 5 nitrogen and oxygen atoms in total. The van der Waals surface area contributed by atoms with Gasteiger partial charge in [0.15, 0.2) is 11.0 Å². The second kappa shape index (κ2) is 8.46. The van der Waals surface area contributed by atoms with Gasteiger partial charge in [0.25, 0.3) is 0 Å². The zero-order chi connectivity index (χ0) is 20.4. The molecule has 4 rings (SSSR count). The van der Waals surface area contributed by atoms with Gasteiger partial charge in [-0.15, -0.1) is 0 Å². The SMILES string of the molecule is CC1=CC(Sc2oc(C3CCOCC3)nc2-c2ccc(C(C)(C)O)nc2)=CCC1. The van der Waals surface area contributed by atoms with Crippen LogP contribution in [0, 0.1) is 0 Å². The van der Waals surface area contributed by atoms with E-state index in [1.165, 1.54) is 10.5 Å². The fourth-order valence-corrected chi connectivity index (χ4v) is 4.65. The van der Waals surface area contributed by atoms with E-state index >= 15 is 0 Å². The molecule has 1 saturated heterocycles. The molecule has 0 spiro atoms. The molecule has 1 fully saturated rings. The van der Waals surface area contributed by atoms with Gasteiger partial charge in [-0.25, -0.2) is 4.98 Å². The Bertz CT molecular complexity index is 917. The van der Waals surface area contributed by atoms with Gasteiger partial charge in [-0.05, 0) is 64.7 Å². The average molecular weight is 413 g/mol. The maximum atomic E-state index is 10.2. The van der Waals surface area contributed by atoms with Crippen LogP contribution >= 0.6 is 11.8 Å². The number of hydrogen-bond donors (Lipinski definition) is 1. The van der Waals surface area contributed by atoms with Crippen LogP contribution in [-0.4, -0.2) is 28.3 Å². The molecule has 154 valence electrons. The predicted octanol–water partition coefficient (Wildman–Crippen LogP) is 5.57. The average Bonchev–Trinajstić information content (AvgIpc) is 3.12. The molecular formula is C23H28N2O3S. The number of thioether (sulfide) groups is 1. The molecule has 2 aliphatic rings. The van der Waals surface area contributed by atoms with Crippen molar-refractivity contribution in [2.24, 2.45) is 0 Å². The molecule has 1 aliphatic heterocycles. The number of rotatable bonds is 5. The van der Waals surface area contributed by atoms with Crippen molar-refractivity contribution in [3.05, 3.63) is 52.5 Å². The highest BCUT2D eigenvalue weighted by molar-refractivity contribution is 8.03. The molecule has 29 heavy (non-hydrogen) atoms. The lowest BCUT2D eigenvalue weighted by molar-refractivity contribution is 0.0739. The summed E-state index contributed by atoms with van der Waals surface area (Å²) >= 11 is 1.63. The van der Waals surface area contributed by atoms with E-state index in [4.69, 9.17) is 14.1 Å². The van der Waals surface area contributed by atoms with Crippen LogP contribution in [0.15, 0.2) is 50.5 Å². The number of pyridine rings is 1. The van der Waals surface area contributed by atoms with E-state index < -0.39 is 5.60 Å². The zero-order valence-electron chi connectivity index (χ0n) is 17.3. The summed E-state index contributed by atoms with van der Waals surface area (Å²) in [4.78, 5) is 10.5. The van der Waals surface area contributed by atoms with Gasteiger partial charge < -0.3 is 14.3 Å². The first-order chi connectivity index (χ1) is 13.9. The molecule has 0 saturated carbocycles. The summed E-state index contributed by atoms with van der Waals surface area (Å²) in [6.45, 7) is 7.14. The number of allylic oxidation sites excluding steroid dienone is 3. The summed E-state index contributed by atoms with van der Waals surface area (Å²) in [5, 5.41) is 11.0. The molecule has 3 heterocycles. The van der Waals surface area contributed by atoms with E-state index in [2.05, 4.69) is 24.1 Å². The Kier molecular flexibility index (Phi) is 5.95. The first kappa shape index (κ1) is 20.4. The third-order valence-electron chi connectivity index (χ3n) is 5.33. The second-order valence-electron chi connectivity index (χ2n) is 8.30. The number of nitrogens with zero attached hydrogens (tertiary/aromatic N) is 2. The summed E-state index contributed by atoms with van der Waals surface area (Å²) in [5.41, 5.74) is 2.78.